The largest absolute Gasteiger partial charge is 0.370 e. The summed E-state index contributed by atoms with van der Waals surface area (Å²) in [5.74, 6) is 0.837. The van der Waals surface area contributed by atoms with E-state index in [4.69, 9.17) is 4.74 Å². The molecule has 1 aliphatic heterocycles. The monoisotopic (exact) mass is 284 g/mol. The Bertz CT molecular complexity index is 764. The van der Waals surface area contributed by atoms with Crippen LogP contribution in [0, 0.1) is 0 Å². The van der Waals surface area contributed by atoms with Crippen molar-refractivity contribution in [3.8, 4) is 0 Å². The van der Waals surface area contributed by atoms with Gasteiger partial charge in [0, 0.05) is 26.0 Å². The number of anilines is 1. The normalized spacial score (nSPS) is 22.0. The highest BCUT2D eigenvalue weighted by molar-refractivity contribution is 5.86. The lowest BCUT2D eigenvalue weighted by Crippen LogP contribution is -2.25. The number of H-pyrrole nitrogens is 1. The Morgan fingerprint density at radius 3 is 3.19 bits per heavy atom. The molecule has 2 N–H and O–H groups in total. The summed E-state index contributed by atoms with van der Waals surface area (Å²) >= 11 is 0. The SMILES string of the molecule is Cn1nccc1[C@H]1OCC[C@@H]1Nc1ncnc2[nH]ccc12. The van der Waals surface area contributed by atoms with E-state index in [1.807, 2.05) is 30.1 Å². The number of fused-ring (bicyclic) bond motifs is 1. The molecule has 2 atom stereocenters. The highest BCUT2D eigenvalue weighted by atomic mass is 16.5. The summed E-state index contributed by atoms with van der Waals surface area (Å²) in [4.78, 5) is 11.7. The second-order valence-electron chi connectivity index (χ2n) is 5.17. The van der Waals surface area contributed by atoms with Gasteiger partial charge in [0.1, 0.15) is 23.9 Å². The van der Waals surface area contributed by atoms with Gasteiger partial charge in [0.15, 0.2) is 0 Å². The van der Waals surface area contributed by atoms with Crippen LogP contribution >= 0.6 is 0 Å². The van der Waals surface area contributed by atoms with Gasteiger partial charge in [-0.2, -0.15) is 5.10 Å². The molecule has 0 aliphatic carbocycles. The maximum atomic E-state index is 5.88. The van der Waals surface area contributed by atoms with Crippen LogP contribution in [-0.2, 0) is 11.8 Å². The Balaban J connectivity index is 1.64. The molecular formula is C14H16N6O. The van der Waals surface area contributed by atoms with E-state index in [0.29, 0.717) is 0 Å². The molecule has 1 saturated heterocycles. The highest BCUT2D eigenvalue weighted by Crippen LogP contribution is 2.31. The molecule has 1 aliphatic rings. The number of rotatable bonds is 3. The van der Waals surface area contributed by atoms with E-state index < -0.39 is 0 Å². The van der Waals surface area contributed by atoms with Crippen molar-refractivity contribution in [3.05, 3.63) is 36.5 Å². The van der Waals surface area contributed by atoms with E-state index in [2.05, 4.69) is 25.4 Å². The third-order valence-corrected chi connectivity index (χ3v) is 3.92. The van der Waals surface area contributed by atoms with Gasteiger partial charge in [0.2, 0.25) is 0 Å². The maximum absolute atomic E-state index is 5.88. The number of aryl methyl sites for hydroxylation is 1. The van der Waals surface area contributed by atoms with Crippen molar-refractivity contribution in [2.45, 2.75) is 18.6 Å². The summed E-state index contributed by atoms with van der Waals surface area (Å²) in [6, 6.07) is 4.15. The van der Waals surface area contributed by atoms with E-state index in [0.717, 1.165) is 35.6 Å². The van der Waals surface area contributed by atoms with E-state index in [1.165, 1.54) is 0 Å². The number of hydrogen-bond donors (Lipinski definition) is 2. The van der Waals surface area contributed by atoms with Crippen molar-refractivity contribution in [2.75, 3.05) is 11.9 Å². The van der Waals surface area contributed by atoms with Gasteiger partial charge >= 0.3 is 0 Å². The quantitative estimate of drug-likeness (QED) is 0.764. The third kappa shape index (κ3) is 2.06. The van der Waals surface area contributed by atoms with Crippen LogP contribution in [0.2, 0.25) is 0 Å². The van der Waals surface area contributed by atoms with Gasteiger partial charge in [-0.25, -0.2) is 9.97 Å². The average molecular weight is 284 g/mol. The molecule has 7 heteroatoms. The highest BCUT2D eigenvalue weighted by Gasteiger charge is 2.32. The number of nitrogens with zero attached hydrogens (tertiary/aromatic N) is 4. The van der Waals surface area contributed by atoms with Gasteiger partial charge in [0.25, 0.3) is 0 Å². The van der Waals surface area contributed by atoms with Gasteiger partial charge in [-0.05, 0) is 18.6 Å². The Kier molecular flexibility index (Phi) is 2.85. The molecule has 7 nitrogen and oxygen atoms in total. The van der Waals surface area contributed by atoms with Gasteiger partial charge in [-0.15, -0.1) is 0 Å². The zero-order chi connectivity index (χ0) is 14.2. The summed E-state index contributed by atoms with van der Waals surface area (Å²) < 4.78 is 7.74. The van der Waals surface area contributed by atoms with Crippen LogP contribution in [0.5, 0.6) is 0 Å². The van der Waals surface area contributed by atoms with Gasteiger partial charge < -0.3 is 15.0 Å². The molecule has 3 aromatic rings. The minimum absolute atomic E-state index is 0.0125. The summed E-state index contributed by atoms with van der Waals surface area (Å²) in [7, 11) is 1.93. The van der Waals surface area contributed by atoms with Crippen molar-refractivity contribution in [3.63, 3.8) is 0 Å². The van der Waals surface area contributed by atoms with Crippen molar-refractivity contribution in [2.24, 2.45) is 7.05 Å². The van der Waals surface area contributed by atoms with Crippen LogP contribution in [0.15, 0.2) is 30.9 Å². The van der Waals surface area contributed by atoms with Crippen LogP contribution in [0.25, 0.3) is 11.0 Å². The van der Waals surface area contributed by atoms with E-state index in [-0.39, 0.29) is 12.1 Å². The second-order valence-corrected chi connectivity index (χ2v) is 5.17. The standard InChI is InChI=1S/C14H16N6O/c1-20-11(3-6-18-20)12-10(4-7-21-12)19-14-9-2-5-15-13(9)16-8-17-14/h2-3,5-6,8,10,12H,4,7H2,1H3,(H2,15,16,17,19)/t10-,12-/m0/s1. The van der Waals surface area contributed by atoms with Crippen LogP contribution < -0.4 is 5.32 Å². The number of aromatic amines is 1. The smallest absolute Gasteiger partial charge is 0.142 e. The molecule has 4 rings (SSSR count). The first-order valence-corrected chi connectivity index (χ1v) is 6.97. The summed E-state index contributed by atoms with van der Waals surface area (Å²) in [6.07, 6.45) is 6.15. The second kappa shape index (κ2) is 4.85. The molecule has 0 aromatic carbocycles. The lowest BCUT2D eigenvalue weighted by atomic mass is 10.1. The fraction of sp³-hybridized carbons (Fsp3) is 0.357. The molecular weight excluding hydrogens is 268 g/mol. The molecule has 0 radical (unpaired) electrons. The fourth-order valence-electron chi connectivity index (χ4n) is 2.86. The van der Waals surface area contributed by atoms with E-state index in [1.54, 1.807) is 12.5 Å². The first-order valence-electron chi connectivity index (χ1n) is 6.97. The predicted octanol–water partition coefficient (Wildman–Crippen LogP) is 1.63. The predicted molar refractivity (Wildman–Crippen MR) is 77.8 cm³/mol. The Morgan fingerprint density at radius 2 is 2.33 bits per heavy atom. The lowest BCUT2D eigenvalue weighted by molar-refractivity contribution is 0.101. The Labute approximate surface area is 121 Å². The average Bonchev–Trinajstić information content (AvgIpc) is 3.19. The van der Waals surface area contributed by atoms with Crippen molar-refractivity contribution >= 4 is 16.9 Å². The lowest BCUT2D eigenvalue weighted by Gasteiger charge is -2.20. The molecule has 1 fully saturated rings. The molecule has 0 bridgehead atoms. The van der Waals surface area contributed by atoms with Crippen LogP contribution in [0.3, 0.4) is 0 Å². The van der Waals surface area contributed by atoms with Gasteiger partial charge in [-0.1, -0.05) is 0 Å². The maximum Gasteiger partial charge on any atom is 0.142 e. The molecule has 0 spiro atoms. The molecule has 3 aromatic heterocycles. The molecule has 0 amide bonds. The first-order chi connectivity index (χ1) is 10.3. The molecule has 4 heterocycles. The molecule has 0 saturated carbocycles. The fourth-order valence-corrected chi connectivity index (χ4v) is 2.86. The topological polar surface area (TPSA) is 80.7 Å². The van der Waals surface area contributed by atoms with Crippen molar-refractivity contribution < 1.29 is 4.74 Å². The zero-order valence-corrected chi connectivity index (χ0v) is 11.7. The van der Waals surface area contributed by atoms with Gasteiger partial charge in [0.05, 0.1) is 17.1 Å². The summed E-state index contributed by atoms with van der Waals surface area (Å²) in [6.45, 7) is 0.731. The number of nitrogens with one attached hydrogen (secondary N) is 2. The van der Waals surface area contributed by atoms with Gasteiger partial charge in [-0.3, -0.25) is 4.68 Å². The minimum Gasteiger partial charge on any atom is -0.370 e. The van der Waals surface area contributed by atoms with Crippen LogP contribution in [-0.4, -0.2) is 37.4 Å². The molecule has 108 valence electrons. The number of hydrogen-bond acceptors (Lipinski definition) is 5. The summed E-state index contributed by atoms with van der Waals surface area (Å²) in [5, 5.41) is 8.71. The number of ether oxygens (including phenoxy) is 1. The van der Waals surface area contributed by atoms with E-state index >= 15 is 0 Å². The first kappa shape index (κ1) is 12.3. The zero-order valence-electron chi connectivity index (χ0n) is 11.7. The Morgan fingerprint density at radius 1 is 1.38 bits per heavy atom. The van der Waals surface area contributed by atoms with Crippen molar-refractivity contribution in [1.29, 1.82) is 0 Å². The minimum atomic E-state index is -0.0125. The molecule has 0 unspecified atom stereocenters. The van der Waals surface area contributed by atoms with Crippen LogP contribution in [0.4, 0.5) is 5.82 Å². The third-order valence-electron chi connectivity index (χ3n) is 3.92. The van der Waals surface area contributed by atoms with Crippen LogP contribution in [0.1, 0.15) is 18.2 Å². The van der Waals surface area contributed by atoms with Crippen molar-refractivity contribution in [1.82, 2.24) is 24.7 Å². The van der Waals surface area contributed by atoms with E-state index in [9.17, 15) is 0 Å². The molecule has 21 heavy (non-hydrogen) atoms. The number of aromatic nitrogens is 5. The summed E-state index contributed by atoms with van der Waals surface area (Å²) in [5.41, 5.74) is 1.91. The Hall–Kier alpha value is -2.41.